The molecule has 11 heteroatoms. The van der Waals surface area contributed by atoms with Gasteiger partial charge in [0.1, 0.15) is 10.8 Å². The Morgan fingerprint density at radius 3 is 2.46 bits per heavy atom. The van der Waals surface area contributed by atoms with E-state index in [0.29, 0.717) is 40.9 Å². The number of rotatable bonds is 16. The van der Waals surface area contributed by atoms with Crippen molar-refractivity contribution in [3.8, 4) is 5.75 Å². The van der Waals surface area contributed by atoms with Gasteiger partial charge in [0.25, 0.3) is 0 Å². The van der Waals surface area contributed by atoms with Crippen LogP contribution in [0.25, 0.3) is 0 Å². The molecule has 0 unspecified atom stereocenters. The smallest absolute Gasteiger partial charge is 0.229 e. The fourth-order valence-electron chi connectivity index (χ4n) is 9.63. The SMILES string of the molecule is C=CC(=O)Cc1cccc(CNc2nc(Nc3ccc(N4CCN(CCCNC(=O)CC56CC7CC(CC(C7)C5)C6)CC4)cc3OC)ncc2Cl)c1. The molecule has 1 amide bonds. The predicted octanol–water partition coefficient (Wildman–Crippen LogP) is 7.03. The molecule has 8 rings (SSSR count). The average Bonchev–Trinajstić information content (AvgIpc) is 3.13. The third-order valence-electron chi connectivity index (χ3n) is 11.6. The van der Waals surface area contributed by atoms with Crippen LogP contribution in [0.1, 0.15) is 62.5 Å². The Morgan fingerprint density at radius 1 is 1.02 bits per heavy atom. The summed E-state index contributed by atoms with van der Waals surface area (Å²) >= 11 is 6.44. The molecule has 1 saturated heterocycles. The number of carbonyl (C=O) groups is 2. The second-order valence-electron chi connectivity index (χ2n) is 15.5. The van der Waals surface area contributed by atoms with Crippen LogP contribution in [0.15, 0.2) is 61.3 Å². The van der Waals surface area contributed by atoms with E-state index in [1.165, 1.54) is 44.6 Å². The number of benzene rings is 2. The lowest BCUT2D eigenvalue weighted by Gasteiger charge is -2.56. The van der Waals surface area contributed by atoms with Crippen LogP contribution in [0.4, 0.5) is 23.1 Å². The summed E-state index contributed by atoms with van der Waals surface area (Å²) in [7, 11) is 1.66. The zero-order chi connectivity index (χ0) is 36.1. The molecule has 3 aromatic rings. The van der Waals surface area contributed by atoms with Crippen LogP contribution in [-0.4, -0.2) is 72.9 Å². The Morgan fingerprint density at radius 2 is 1.75 bits per heavy atom. The van der Waals surface area contributed by atoms with Crippen LogP contribution in [0, 0.1) is 23.2 Å². The fourth-order valence-corrected chi connectivity index (χ4v) is 9.79. The summed E-state index contributed by atoms with van der Waals surface area (Å²) in [4.78, 5) is 38.6. The number of carbonyl (C=O) groups excluding carboxylic acids is 2. The lowest BCUT2D eigenvalue weighted by atomic mass is 9.49. The standard InChI is InChI=1S/C41H52ClN7O3/c1-3-34(50)20-28-6-4-7-29(16-28)26-44-39-35(42)27-45-40(47-39)46-36-9-8-33(21-37(36)52-2)49-14-12-48(13-15-49)11-5-10-43-38(51)25-41-22-30-17-31(23-41)19-32(18-30)24-41/h3-4,6-9,16,21,27,30-32H,1,5,10-15,17-20,22-26H2,2H3,(H,43,51)(H2,44,45,46,47). The van der Waals surface area contributed by atoms with E-state index in [-0.39, 0.29) is 11.7 Å². The van der Waals surface area contributed by atoms with E-state index in [1.807, 2.05) is 30.3 Å². The van der Waals surface area contributed by atoms with E-state index in [4.69, 9.17) is 16.3 Å². The summed E-state index contributed by atoms with van der Waals surface area (Å²) in [6.45, 7) is 9.62. The molecule has 4 saturated carbocycles. The van der Waals surface area contributed by atoms with Crippen molar-refractivity contribution >= 4 is 46.4 Å². The first kappa shape index (κ1) is 36.2. The Bertz CT molecular complexity index is 1720. The molecule has 1 aromatic heterocycles. The summed E-state index contributed by atoms with van der Waals surface area (Å²) < 4.78 is 5.78. The monoisotopic (exact) mass is 725 g/mol. The lowest BCUT2D eigenvalue weighted by molar-refractivity contribution is -0.129. The molecular formula is C41H52ClN7O3. The summed E-state index contributed by atoms with van der Waals surface area (Å²) in [5.74, 6) is 4.51. The number of allylic oxidation sites excluding steroid dienone is 1. The van der Waals surface area contributed by atoms with Gasteiger partial charge in [0.2, 0.25) is 11.9 Å². The zero-order valence-electron chi connectivity index (χ0n) is 30.3. The first-order chi connectivity index (χ1) is 25.3. The van der Waals surface area contributed by atoms with E-state index in [2.05, 4.69) is 54.4 Å². The molecule has 0 radical (unpaired) electrons. The number of hydrogen-bond donors (Lipinski definition) is 3. The van der Waals surface area contributed by atoms with Crippen LogP contribution in [0.5, 0.6) is 5.75 Å². The van der Waals surface area contributed by atoms with Crippen molar-refractivity contribution in [1.29, 1.82) is 0 Å². The molecule has 52 heavy (non-hydrogen) atoms. The van der Waals surface area contributed by atoms with Gasteiger partial charge < -0.3 is 25.6 Å². The minimum Gasteiger partial charge on any atom is -0.494 e. The second kappa shape index (κ2) is 16.3. The quantitative estimate of drug-likeness (QED) is 0.106. The first-order valence-corrected chi connectivity index (χ1v) is 19.3. The van der Waals surface area contributed by atoms with Crippen molar-refractivity contribution < 1.29 is 14.3 Å². The normalized spacial score (nSPS) is 23.7. The van der Waals surface area contributed by atoms with Gasteiger partial charge >= 0.3 is 0 Å². The van der Waals surface area contributed by atoms with Gasteiger partial charge in [0.05, 0.1) is 19.0 Å². The number of ether oxygens (including phenoxy) is 1. The van der Waals surface area contributed by atoms with Crippen LogP contribution in [-0.2, 0) is 22.6 Å². The summed E-state index contributed by atoms with van der Waals surface area (Å²) in [6, 6.07) is 14.0. The van der Waals surface area contributed by atoms with Gasteiger partial charge in [-0.1, -0.05) is 42.4 Å². The number of anilines is 4. The van der Waals surface area contributed by atoms with E-state index >= 15 is 0 Å². The second-order valence-corrected chi connectivity index (χ2v) is 16.0. The molecule has 4 bridgehead atoms. The van der Waals surface area contributed by atoms with Gasteiger partial charge in [-0.2, -0.15) is 4.98 Å². The highest BCUT2D eigenvalue weighted by molar-refractivity contribution is 6.32. The summed E-state index contributed by atoms with van der Waals surface area (Å²) in [5, 5.41) is 10.3. The van der Waals surface area contributed by atoms with Crippen molar-refractivity contribution in [3.05, 3.63) is 77.5 Å². The number of amides is 1. The van der Waals surface area contributed by atoms with Crippen molar-refractivity contribution in [2.45, 2.75) is 64.3 Å². The van der Waals surface area contributed by atoms with Crippen LogP contribution < -0.4 is 25.6 Å². The number of methoxy groups -OCH3 is 1. The highest BCUT2D eigenvalue weighted by atomic mass is 35.5. The summed E-state index contributed by atoms with van der Waals surface area (Å²) in [6.07, 6.45) is 13.1. The van der Waals surface area contributed by atoms with Crippen molar-refractivity contribution in [2.24, 2.45) is 23.2 Å². The molecule has 2 aromatic carbocycles. The topological polar surface area (TPSA) is 112 Å². The number of hydrogen-bond acceptors (Lipinski definition) is 9. The van der Waals surface area contributed by atoms with E-state index in [1.54, 1.807) is 13.3 Å². The van der Waals surface area contributed by atoms with Crippen molar-refractivity contribution in [2.75, 3.05) is 61.9 Å². The summed E-state index contributed by atoms with van der Waals surface area (Å²) in [5.41, 5.74) is 4.10. The van der Waals surface area contributed by atoms with Crippen LogP contribution in [0.2, 0.25) is 5.02 Å². The Hall–Kier alpha value is -4.15. The molecule has 276 valence electrons. The number of aromatic nitrogens is 2. The molecule has 3 N–H and O–H groups in total. The molecule has 5 aliphatic rings. The molecule has 2 heterocycles. The molecule has 0 spiro atoms. The van der Waals surface area contributed by atoms with Gasteiger partial charge in [-0.25, -0.2) is 4.98 Å². The largest absolute Gasteiger partial charge is 0.494 e. The highest BCUT2D eigenvalue weighted by Gasteiger charge is 2.51. The van der Waals surface area contributed by atoms with Crippen molar-refractivity contribution in [1.82, 2.24) is 20.2 Å². The van der Waals surface area contributed by atoms with Gasteiger partial charge in [-0.3, -0.25) is 14.5 Å². The first-order valence-electron chi connectivity index (χ1n) is 18.9. The lowest BCUT2D eigenvalue weighted by Crippen LogP contribution is -2.48. The number of halogens is 1. The minimum atomic E-state index is -0.0170. The predicted molar refractivity (Wildman–Crippen MR) is 207 cm³/mol. The molecular weight excluding hydrogens is 674 g/mol. The van der Waals surface area contributed by atoms with Gasteiger partial charge in [-0.05, 0) is 104 Å². The third-order valence-corrected chi connectivity index (χ3v) is 11.9. The van der Waals surface area contributed by atoms with E-state index < -0.39 is 0 Å². The van der Waals surface area contributed by atoms with Crippen LogP contribution >= 0.6 is 11.6 Å². The van der Waals surface area contributed by atoms with Gasteiger partial charge in [0, 0.05) is 63.9 Å². The number of ketones is 1. The average molecular weight is 726 g/mol. The van der Waals surface area contributed by atoms with Gasteiger partial charge in [-0.15, -0.1) is 0 Å². The number of nitrogens with one attached hydrogen (secondary N) is 3. The minimum absolute atomic E-state index is 0.0170. The Balaban J connectivity index is 0.857. The molecule has 5 fully saturated rings. The van der Waals surface area contributed by atoms with E-state index in [9.17, 15) is 9.59 Å². The molecule has 1 aliphatic heterocycles. The maximum atomic E-state index is 12.9. The molecule has 10 nitrogen and oxygen atoms in total. The molecule has 0 atom stereocenters. The maximum Gasteiger partial charge on any atom is 0.229 e. The molecule has 4 aliphatic carbocycles. The number of nitrogens with zero attached hydrogens (tertiary/aromatic N) is 4. The van der Waals surface area contributed by atoms with E-state index in [0.717, 1.165) is 92.4 Å². The maximum absolute atomic E-state index is 12.9. The van der Waals surface area contributed by atoms with Gasteiger partial charge in [0.15, 0.2) is 11.6 Å². The Labute approximate surface area is 312 Å². The highest BCUT2D eigenvalue weighted by Crippen LogP contribution is 2.61. The zero-order valence-corrected chi connectivity index (χ0v) is 31.1. The van der Waals surface area contributed by atoms with Crippen LogP contribution in [0.3, 0.4) is 0 Å². The third kappa shape index (κ3) is 8.89. The number of piperazine rings is 1. The van der Waals surface area contributed by atoms with Crippen molar-refractivity contribution in [3.63, 3.8) is 0 Å². The fraction of sp³-hybridized carbons (Fsp3) is 0.512. The Kier molecular flexibility index (Phi) is 11.3.